The van der Waals surface area contributed by atoms with Crippen molar-refractivity contribution in [3.8, 4) is 0 Å². The Morgan fingerprint density at radius 3 is 2.69 bits per heavy atom. The molecule has 0 spiro atoms. The zero-order valence-electron chi connectivity index (χ0n) is 8.54. The van der Waals surface area contributed by atoms with Crippen molar-refractivity contribution in [3.63, 3.8) is 0 Å². The van der Waals surface area contributed by atoms with Crippen LogP contribution in [0.2, 0.25) is 0 Å². The third kappa shape index (κ3) is 1.63. The van der Waals surface area contributed by atoms with Gasteiger partial charge >= 0.3 is 5.69 Å². The van der Waals surface area contributed by atoms with E-state index in [2.05, 4.69) is 4.98 Å². The predicted molar refractivity (Wildman–Crippen MR) is 55.9 cm³/mol. The van der Waals surface area contributed by atoms with Crippen molar-refractivity contribution in [1.82, 2.24) is 9.66 Å². The zero-order chi connectivity index (χ0) is 11.7. The molecule has 1 aromatic heterocycles. The molecule has 2 heterocycles. The molecular formula is C9H13N3O4. The molecule has 1 aromatic rings. The first-order chi connectivity index (χ1) is 7.67. The zero-order valence-corrected chi connectivity index (χ0v) is 8.54. The lowest BCUT2D eigenvalue weighted by molar-refractivity contribution is 0.0872. The van der Waals surface area contributed by atoms with Crippen LogP contribution in [0.3, 0.4) is 0 Å². The van der Waals surface area contributed by atoms with Crippen LogP contribution in [0.4, 0.5) is 0 Å². The molecule has 16 heavy (non-hydrogen) atoms. The molecule has 2 rings (SSSR count). The van der Waals surface area contributed by atoms with E-state index < -0.39 is 11.2 Å². The van der Waals surface area contributed by atoms with Crippen molar-refractivity contribution in [2.45, 2.75) is 6.04 Å². The Kier molecular flexibility index (Phi) is 2.80. The molecule has 0 aromatic carbocycles. The molecule has 7 heteroatoms. The Hall–Kier alpha value is -1.60. The topological polar surface area (TPSA) is 98.6 Å². The summed E-state index contributed by atoms with van der Waals surface area (Å²) in [5.74, 6) is -0.0381. The smallest absolute Gasteiger partial charge is 0.347 e. The Morgan fingerprint density at radius 1 is 1.38 bits per heavy atom. The van der Waals surface area contributed by atoms with Crippen LogP contribution in [0, 0.1) is 5.92 Å². The number of aromatic amines is 1. The molecule has 0 radical (unpaired) electrons. The molecule has 1 saturated heterocycles. The second kappa shape index (κ2) is 4.11. The van der Waals surface area contributed by atoms with Gasteiger partial charge in [-0.15, -0.1) is 0 Å². The largest absolute Gasteiger partial charge is 0.396 e. The third-order valence-corrected chi connectivity index (χ3v) is 2.85. The van der Waals surface area contributed by atoms with Crippen molar-refractivity contribution in [2.75, 3.05) is 24.8 Å². The lowest BCUT2D eigenvalue weighted by Crippen LogP contribution is -2.66. The van der Waals surface area contributed by atoms with Crippen LogP contribution in [-0.2, 0) is 0 Å². The highest BCUT2D eigenvalue weighted by molar-refractivity contribution is 5.10. The average molecular weight is 227 g/mol. The summed E-state index contributed by atoms with van der Waals surface area (Å²) in [6, 6.07) is 0.954. The van der Waals surface area contributed by atoms with Gasteiger partial charge in [0.15, 0.2) is 0 Å². The van der Waals surface area contributed by atoms with Crippen molar-refractivity contribution < 1.29 is 10.2 Å². The Labute approximate surface area is 90.5 Å². The minimum atomic E-state index is -0.540. The maximum atomic E-state index is 11.5. The van der Waals surface area contributed by atoms with Crippen molar-refractivity contribution in [3.05, 3.63) is 33.1 Å². The maximum Gasteiger partial charge on any atom is 0.347 e. The van der Waals surface area contributed by atoms with Gasteiger partial charge in [-0.3, -0.25) is 9.78 Å². The van der Waals surface area contributed by atoms with E-state index in [9.17, 15) is 9.59 Å². The minimum Gasteiger partial charge on any atom is -0.396 e. The number of hydrogen-bond donors (Lipinski definition) is 3. The fraction of sp³-hybridized carbons (Fsp3) is 0.556. The van der Waals surface area contributed by atoms with E-state index in [0.717, 1.165) is 0 Å². The Morgan fingerprint density at radius 2 is 2.12 bits per heavy atom. The van der Waals surface area contributed by atoms with Gasteiger partial charge in [-0.05, 0) is 0 Å². The van der Waals surface area contributed by atoms with Crippen molar-refractivity contribution >= 4 is 0 Å². The highest BCUT2D eigenvalue weighted by Gasteiger charge is 2.38. The number of nitrogens with zero attached hydrogens (tertiary/aromatic N) is 2. The molecule has 0 amide bonds. The first-order valence-corrected chi connectivity index (χ1v) is 4.98. The summed E-state index contributed by atoms with van der Waals surface area (Å²) in [4.78, 5) is 24.5. The molecule has 1 aliphatic heterocycles. The first-order valence-electron chi connectivity index (χ1n) is 4.98. The van der Waals surface area contributed by atoms with Crippen LogP contribution in [-0.4, -0.2) is 45.7 Å². The minimum absolute atomic E-state index is 0.0279. The second-order valence-corrected chi connectivity index (χ2v) is 3.77. The first kappa shape index (κ1) is 10.9. The van der Waals surface area contributed by atoms with Crippen LogP contribution >= 0.6 is 0 Å². The molecular weight excluding hydrogens is 214 g/mol. The highest BCUT2D eigenvalue weighted by Crippen LogP contribution is 2.21. The van der Waals surface area contributed by atoms with Gasteiger partial charge in [0.05, 0.1) is 12.6 Å². The number of H-pyrrole nitrogens is 1. The normalized spacial score (nSPS) is 24.2. The molecule has 2 atom stereocenters. The van der Waals surface area contributed by atoms with Gasteiger partial charge in [0, 0.05) is 31.3 Å². The monoisotopic (exact) mass is 227 g/mol. The Balaban J connectivity index is 2.26. The molecule has 0 unspecified atom stereocenters. The summed E-state index contributed by atoms with van der Waals surface area (Å²) in [5, 5.41) is 19.7. The fourth-order valence-electron chi connectivity index (χ4n) is 1.89. The summed E-state index contributed by atoms with van der Waals surface area (Å²) in [5.41, 5.74) is -0.997. The molecule has 3 N–H and O–H groups in total. The molecule has 1 aliphatic rings. The van der Waals surface area contributed by atoms with Crippen LogP contribution in [0.25, 0.3) is 0 Å². The molecule has 1 fully saturated rings. The number of nitrogens with one attached hydrogen (secondary N) is 1. The second-order valence-electron chi connectivity index (χ2n) is 3.77. The van der Waals surface area contributed by atoms with Crippen molar-refractivity contribution in [1.29, 1.82) is 0 Å². The number of aliphatic hydroxyl groups excluding tert-OH is 2. The molecule has 7 nitrogen and oxygen atoms in total. The van der Waals surface area contributed by atoms with Gasteiger partial charge < -0.3 is 15.2 Å². The maximum absolute atomic E-state index is 11.5. The van der Waals surface area contributed by atoms with Gasteiger partial charge in [0.25, 0.3) is 5.56 Å². The van der Waals surface area contributed by atoms with Gasteiger partial charge in [-0.25, -0.2) is 9.47 Å². The van der Waals surface area contributed by atoms with Gasteiger partial charge in [-0.2, -0.15) is 0 Å². The fourth-order valence-corrected chi connectivity index (χ4v) is 1.89. The number of aromatic nitrogens is 2. The summed E-state index contributed by atoms with van der Waals surface area (Å²) >= 11 is 0. The molecule has 0 bridgehead atoms. The van der Waals surface area contributed by atoms with Crippen LogP contribution in [0.15, 0.2) is 21.9 Å². The number of rotatable bonds is 3. The van der Waals surface area contributed by atoms with Gasteiger partial charge in [0.2, 0.25) is 0 Å². The van der Waals surface area contributed by atoms with E-state index in [1.165, 1.54) is 16.9 Å². The molecule has 0 aliphatic carbocycles. The standard InChI is InChI=1S/C9H13N3O4/c13-4-6-3-12(7(6)5-14)11-2-1-8(15)10-9(11)16/h1-2,6-7,13-14H,3-5H2,(H,10,15,16)/t6-,7-/m1/s1. The van der Waals surface area contributed by atoms with Crippen molar-refractivity contribution in [2.24, 2.45) is 5.92 Å². The third-order valence-electron chi connectivity index (χ3n) is 2.85. The van der Waals surface area contributed by atoms with E-state index in [1.807, 2.05) is 0 Å². The quantitative estimate of drug-likeness (QED) is 0.528. The van der Waals surface area contributed by atoms with E-state index >= 15 is 0 Å². The van der Waals surface area contributed by atoms with Crippen LogP contribution in [0.1, 0.15) is 0 Å². The molecule has 88 valence electrons. The van der Waals surface area contributed by atoms with E-state index in [1.54, 1.807) is 5.01 Å². The number of aliphatic hydroxyl groups is 2. The summed E-state index contributed by atoms with van der Waals surface area (Å²) in [6.07, 6.45) is 1.36. The lowest BCUT2D eigenvalue weighted by atomic mass is 9.92. The van der Waals surface area contributed by atoms with Crippen LogP contribution in [0.5, 0.6) is 0 Å². The summed E-state index contributed by atoms with van der Waals surface area (Å²) in [7, 11) is 0. The Bertz CT molecular complexity index is 480. The number of hydrogen-bond acceptors (Lipinski definition) is 5. The SMILES string of the molecule is O=c1ccn(N2C[C@H](CO)[C@H]2CO)c(=O)[nH]1. The van der Waals surface area contributed by atoms with Gasteiger partial charge in [-0.1, -0.05) is 0 Å². The van der Waals surface area contributed by atoms with E-state index in [4.69, 9.17) is 10.2 Å². The lowest BCUT2D eigenvalue weighted by Gasteiger charge is -2.47. The predicted octanol–water partition coefficient (Wildman–Crippen LogP) is -2.54. The molecule has 0 saturated carbocycles. The highest BCUT2D eigenvalue weighted by atomic mass is 16.3. The van der Waals surface area contributed by atoms with Gasteiger partial charge in [0.1, 0.15) is 0 Å². The summed E-state index contributed by atoms with van der Waals surface area (Å²) < 4.78 is 1.24. The van der Waals surface area contributed by atoms with Crippen LogP contribution < -0.4 is 16.3 Å². The van der Waals surface area contributed by atoms with E-state index in [-0.39, 0.29) is 25.2 Å². The van der Waals surface area contributed by atoms with E-state index in [0.29, 0.717) is 6.54 Å². The average Bonchev–Trinajstić information content (AvgIpc) is 2.21. The summed E-state index contributed by atoms with van der Waals surface area (Å²) in [6.45, 7) is 0.310.